The standard InChI is InChI=1S/C12H21NO3/c1-2-16-12(15)6-11(14)8-13-7-9-3-4-10(13)5-9/h9-11,14H,2-8H2,1H3. The molecule has 2 rings (SSSR count). The molecule has 3 unspecified atom stereocenters. The van der Waals surface area contributed by atoms with E-state index in [9.17, 15) is 9.90 Å². The van der Waals surface area contributed by atoms with Crippen LogP contribution in [-0.2, 0) is 9.53 Å². The summed E-state index contributed by atoms with van der Waals surface area (Å²) in [6.07, 6.45) is 3.44. The molecule has 0 amide bonds. The van der Waals surface area contributed by atoms with Crippen molar-refractivity contribution in [2.75, 3.05) is 19.7 Å². The molecular formula is C12H21NO3. The molecule has 3 atom stereocenters. The molecule has 1 aliphatic carbocycles. The van der Waals surface area contributed by atoms with Gasteiger partial charge < -0.3 is 9.84 Å². The number of hydrogen-bond acceptors (Lipinski definition) is 4. The Morgan fingerprint density at radius 2 is 2.38 bits per heavy atom. The number of fused-ring (bicyclic) bond motifs is 2. The topological polar surface area (TPSA) is 49.8 Å². The molecular weight excluding hydrogens is 206 g/mol. The van der Waals surface area contributed by atoms with E-state index in [2.05, 4.69) is 4.90 Å². The molecule has 1 N–H and O–H groups in total. The van der Waals surface area contributed by atoms with E-state index in [4.69, 9.17) is 4.74 Å². The van der Waals surface area contributed by atoms with E-state index in [-0.39, 0.29) is 12.4 Å². The predicted octanol–water partition coefficient (Wildman–Crippen LogP) is 0.785. The van der Waals surface area contributed by atoms with Crippen molar-refractivity contribution >= 4 is 5.97 Å². The van der Waals surface area contributed by atoms with Gasteiger partial charge in [0.25, 0.3) is 0 Å². The monoisotopic (exact) mass is 227 g/mol. The summed E-state index contributed by atoms with van der Waals surface area (Å²) < 4.78 is 4.82. The molecule has 1 aliphatic heterocycles. The highest BCUT2D eigenvalue weighted by Gasteiger charge is 2.38. The number of hydrogen-bond donors (Lipinski definition) is 1. The first-order valence-corrected chi connectivity index (χ1v) is 6.26. The maximum atomic E-state index is 11.2. The lowest BCUT2D eigenvalue weighted by Crippen LogP contribution is -2.39. The Bertz CT molecular complexity index is 257. The Balaban J connectivity index is 1.71. The highest BCUT2D eigenvalue weighted by molar-refractivity contribution is 5.69. The summed E-state index contributed by atoms with van der Waals surface area (Å²) in [6, 6.07) is 0.654. The molecule has 1 heterocycles. The van der Waals surface area contributed by atoms with Crippen LogP contribution >= 0.6 is 0 Å². The van der Waals surface area contributed by atoms with Crippen molar-refractivity contribution in [1.29, 1.82) is 0 Å². The van der Waals surface area contributed by atoms with Crippen LogP contribution in [0.5, 0.6) is 0 Å². The second-order valence-corrected chi connectivity index (χ2v) is 4.95. The van der Waals surface area contributed by atoms with Crippen LogP contribution < -0.4 is 0 Å². The van der Waals surface area contributed by atoms with Crippen molar-refractivity contribution in [3.05, 3.63) is 0 Å². The molecule has 4 heteroatoms. The lowest BCUT2D eigenvalue weighted by molar-refractivity contribution is -0.145. The lowest BCUT2D eigenvalue weighted by Gasteiger charge is -2.28. The Hall–Kier alpha value is -0.610. The van der Waals surface area contributed by atoms with Crippen molar-refractivity contribution in [2.24, 2.45) is 5.92 Å². The second kappa shape index (κ2) is 5.15. The minimum Gasteiger partial charge on any atom is -0.466 e. The van der Waals surface area contributed by atoms with E-state index < -0.39 is 6.10 Å². The van der Waals surface area contributed by atoms with E-state index in [1.54, 1.807) is 6.92 Å². The summed E-state index contributed by atoms with van der Waals surface area (Å²) in [6.45, 7) is 3.90. The Morgan fingerprint density at radius 3 is 2.94 bits per heavy atom. The summed E-state index contributed by atoms with van der Waals surface area (Å²) in [5.41, 5.74) is 0. The van der Waals surface area contributed by atoms with E-state index in [1.807, 2.05) is 0 Å². The summed E-state index contributed by atoms with van der Waals surface area (Å²) in [5, 5.41) is 9.79. The Labute approximate surface area is 96.6 Å². The number of carbonyl (C=O) groups is 1. The van der Waals surface area contributed by atoms with E-state index in [1.165, 1.54) is 19.3 Å². The summed E-state index contributed by atoms with van der Waals surface area (Å²) in [5.74, 6) is 0.541. The van der Waals surface area contributed by atoms with E-state index in [0.717, 1.165) is 12.5 Å². The molecule has 1 saturated heterocycles. The molecule has 0 aromatic heterocycles. The SMILES string of the molecule is CCOC(=O)CC(O)CN1CC2CCC1C2. The number of esters is 1. The van der Waals surface area contributed by atoms with Gasteiger partial charge in [-0.15, -0.1) is 0 Å². The van der Waals surface area contributed by atoms with Crippen LogP contribution in [0.2, 0.25) is 0 Å². The first-order chi connectivity index (χ1) is 7.69. The summed E-state index contributed by atoms with van der Waals surface area (Å²) in [4.78, 5) is 13.5. The molecule has 1 saturated carbocycles. The maximum Gasteiger partial charge on any atom is 0.308 e. The number of rotatable bonds is 5. The minimum atomic E-state index is -0.571. The highest BCUT2D eigenvalue weighted by atomic mass is 16.5. The highest BCUT2D eigenvalue weighted by Crippen LogP contribution is 2.37. The fraction of sp³-hybridized carbons (Fsp3) is 0.917. The minimum absolute atomic E-state index is 0.127. The molecule has 4 nitrogen and oxygen atoms in total. The maximum absolute atomic E-state index is 11.2. The van der Waals surface area contributed by atoms with E-state index in [0.29, 0.717) is 19.2 Å². The van der Waals surface area contributed by atoms with Gasteiger partial charge in [-0.3, -0.25) is 9.69 Å². The number of ether oxygens (including phenoxy) is 1. The third-order valence-electron chi connectivity index (χ3n) is 3.68. The van der Waals surface area contributed by atoms with Crippen LogP contribution in [0.4, 0.5) is 0 Å². The van der Waals surface area contributed by atoms with Gasteiger partial charge in [0, 0.05) is 19.1 Å². The molecule has 2 fully saturated rings. The van der Waals surface area contributed by atoms with Gasteiger partial charge in [0.1, 0.15) is 0 Å². The van der Waals surface area contributed by atoms with Crippen LogP contribution in [0.15, 0.2) is 0 Å². The molecule has 2 aliphatic rings. The van der Waals surface area contributed by atoms with Gasteiger partial charge in [-0.05, 0) is 32.1 Å². The third-order valence-corrected chi connectivity index (χ3v) is 3.68. The van der Waals surface area contributed by atoms with Crippen LogP contribution in [0.1, 0.15) is 32.6 Å². The first-order valence-electron chi connectivity index (χ1n) is 6.26. The van der Waals surface area contributed by atoms with Crippen molar-refractivity contribution in [3.8, 4) is 0 Å². The largest absolute Gasteiger partial charge is 0.466 e. The molecule has 0 aromatic carbocycles. The molecule has 0 spiro atoms. The van der Waals surface area contributed by atoms with Crippen LogP contribution in [-0.4, -0.2) is 47.8 Å². The normalized spacial score (nSPS) is 30.6. The van der Waals surface area contributed by atoms with Gasteiger partial charge in [0.2, 0.25) is 0 Å². The number of likely N-dealkylation sites (tertiary alicyclic amines) is 1. The predicted molar refractivity (Wildman–Crippen MR) is 60.0 cm³/mol. The average Bonchev–Trinajstić information content (AvgIpc) is 2.78. The van der Waals surface area contributed by atoms with Gasteiger partial charge in [0.15, 0.2) is 0 Å². The van der Waals surface area contributed by atoms with Gasteiger partial charge in [-0.1, -0.05) is 0 Å². The summed E-state index contributed by atoms with van der Waals surface area (Å²) in [7, 11) is 0. The third kappa shape index (κ3) is 2.74. The van der Waals surface area contributed by atoms with E-state index >= 15 is 0 Å². The zero-order chi connectivity index (χ0) is 11.5. The van der Waals surface area contributed by atoms with Crippen molar-refractivity contribution in [2.45, 2.75) is 44.8 Å². The van der Waals surface area contributed by atoms with Crippen molar-refractivity contribution in [3.63, 3.8) is 0 Å². The number of carbonyl (C=O) groups excluding carboxylic acids is 1. The smallest absolute Gasteiger partial charge is 0.308 e. The molecule has 0 radical (unpaired) electrons. The van der Waals surface area contributed by atoms with Gasteiger partial charge in [-0.25, -0.2) is 0 Å². The molecule has 16 heavy (non-hydrogen) atoms. The fourth-order valence-electron chi connectivity index (χ4n) is 3.00. The number of aliphatic hydroxyl groups excluding tert-OH is 1. The average molecular weight is 227 g/mol. The lowest BCUT2D eigenvalue weighted by atomic mass is 10.1. The fourth-order valence-corrected chi connectivity index (χ4v) is 3.00. The zero-order valence-electron chi connectivity index (χ0n) is 9.89. The quantitative estimate of drug-likeness (QED) is 0.705. The number of piperidine rings is 1. The Kier molecular flexibility index (Phi) is 3.82. The summed E-state index contributed by atoms with van der Waals surface area (Å²) >= 11 is 0. The van der Waals surface area contributed by atoms with Crippen molar-refractivity contribution < 1.29 is 14.6 Å². The van der Waals surface area contributed by atoms with Gasteiger partial charge >= 0.3 is 5.97 Å². The van der Waals surface area contributed by atoms with Crippen LogP contribution in [0.25, 0.3) is 0 Å². The van der Waals surface area contributed by atoms with Gasteiger partial charge in [0.05, 0.1) is 19.1 Å². The second-order valence-electron chi connectivity index (χ2n) is 4.95. The first kappa shape index (κ1) is 11.9. The molecule has 0 aromatic rings. The Morgan fingerprint density at radius 1 is 1.56 bits per heavy atom. The number of aliphatic hydroxyl groups is 1. The zero-order valence-corrected chi connectivity index (χ0v) is 9.89. The number of β-amino-alcohol motifs (C(OH)–C–C–N with tert-alkyl or cyclic N) is 1. The van der Waals surface area contributed by atoms with Gasteiger partial charge in [-0.2, -0.15) is 0 Å². The number of nitrogens with zero attached hydrogens (tertiary/aromatic N) is 1. The molecule has 92 valence electrons. The van der Waals surface area contributed by atoms with Crippen LogP contribution in [0, 0.1) is 5.92 Å². The van der Waals surface area contributed by atoms with Crippen LogP contribution in [0.3, 0.4) is 0 Å². The van der Waals surface area contributed by atoms with Crippen molar-refractivity contribution in [1.82, 2.24) is 4.90 Å². The molecule has 2 bridgehead atoms.